The van der Waals surface area contributed by atoms with Gasteiger partial charge in [0.2, 0.25) is 6.43 Å². The van der Waals surface area contributed by atoms with Crippen molar-refractivity contribution in [3.63, 3.8) is 0 Å². The molecule has 1 aromatic carbocycles. The third-order valence-electron chi connectivity index (χ3n) is 2.25. The lowest BCUT2D eigenvalue weighted by molar-refractivity contribution is -0.138. The van der Waals surface area contributed by atoms with Crippen LogP contribution >= 0.6 is 0 Å². The van der Waals surface area contributed by atoms with Crippen LogP contribution in [0.4, 0.5) is 13.2 Å². The van der Waals surface area contributed by atoms with Crippen LogP contribution in [0.25, 0.3) is 0 Å². The third-order valence-corrected chi connectivity index (χ3v) is 2.25. The van der Waals surface area contributed by atoms with E-state index < -0.39 is 30.6 Å². The number of hydrogen-bond donors (Lipinski definition) is 1. The van der Waals surface area contributed by atoms with Crippen LogP contribution in [0.15, 0.2) is 18.2 Å². The SMILES string of the molecule is Cc1ccc(C(CC(=O)O)C(F)F)c(F)c1. The number of hydrogen-bond acceptors (Lipinski definition) is 1. The molecule has 2 nitrogen and oxygen atoms in total. The molecule has 0 spiro atoms. The van der Waals surface area contributed by atoms with E-state index in [4.69, 9.17) is 5.11 Å². The van der Waals surface area contributed by atoms with Crippen molar-refractivity contribution in [2.45, 2.75) is 25.7 Å². The standard InChI is InChI=1S/C11H11F3O2/c1-6-2-3-7(9(12)4-6)8(11(13)14)5-10(15)16/h2-4,8,11H,5H2,1H3,(H,15,16). The van der Waals surface area contributed by atoms with Crippen LogP contribution in [0.1, 0.15) is 23.5 Å². The van der Waals surface area contributed by atoms with Crippen LogP contribution in [0.5, 0.6) is 0 Å². The van der Waals surface area contributed by atoms with E-state index in [9.17, 15) is 18.0 Å². The van der Waals surface area contributed by atoms with E-state index in [1.165, 1.54) is 12.1 Å². The number of carboxylic acid groups (broad SMARTS) is 1. The summed E-state index contributed by atoms with van der Waals surface area (Å²) in [4.78, 5) is 10.4. The molecule has 0 amide bonds. The second-order valence-electron chi connectivity index (χ2n) is 3.56. The Balaban J connectivity index is 3.05. The van der Waals surface area contributed by atoms with Gasteiger partial charge in [-0.3, -0.25) is 4.79 Å². The Kier molecular flexibility index (Phi) is 3.93. The number of rotatable bonds is 4. The third kappa shape index (κ3) is 2.98. The van der Waals surface area contributed by atoms with Crippen LogP contribution in [0, 0.1) is 12.7 Å². The van der Waals surface area contributed by atoms with Crippen LogP contribution in [0.2, 0.25) is 0 Å². The van der Waals surface area contributed by atoms with Crippen molar-refractivity contribution in [2.75, 3.05) is 0 Å². The smallest absolute Gasteiger partial charge is 0.304 e. The maximum Gasteiger partial charge on any atom is 0.304 e. The summed E-state index contributed by atoms with van der Waals surface area (Å²) in [6.45, 7) is 1.63. The van der Waals surface area contributed by atoms with Gasteiger partial charge in [0, 0.05) is 0 Å². The molecule has 1 aromatic rings. The van der Waals surface area contributed by atoms with E-state index in [0.717, 1.165) is 6.07 Å². The van der Waals surface area contributed by atoms with Crippen LogP contribution in [-0.2, 0) is 4.79 Å². The molecule has 1 unspecified atom stereocenters. The number of carbonyl (C=O) groups is 1. The Morgan fingerprint density at radius 3 is 2.50 bits per heavy atom. The average Bonchev–Trinajstić information content (AvgIpc) is 2.14. The molecular formula is C11H11F3O2. The van der Waals surface area contributed by atoms with E-state index in [1.807, 2.05) is 0 Å². The molecule has 0 saturated heterocycles. The molecule has 0 heterocycles. The molecule has 88 valence electrons. The summed E-state index contributed by atoms with van der Waals surface area (Å²) in [5, 5.41) is 8.48. The minimum Gasteiger partial charge on any atom is -0.481 e. The molecule has 1 N–H and O–H groups in total. The Bertz CT molecular complexity index is 391. The van der Waals surface area contributed by atoms with E-state index in [1.54, 1.807) is 6.92 Å². The summed E-state index contributed by atoms with van der Waals surface area (Å²) in [6, 6.07) is 3.81. The van der Waals surface area contributed by atoms with Crippen LogP contribution in [-0.4, -0.2) is 17.5 Å². The molecule has 0 bridgehead atoms. The molecule has 0 aromatic heterocycles. The fraction of sp³-hybridized carbons (Fsp3) is 0.364. The summed E-state index contributed by atoms with van der Waals surface area (Å²) < 4.78 is 38.6. The molecule has 0 saturated carbocycles. The zero-order valence-corrected chi connectivity index (χ0v) is 8.58. The zero-order chi connectivity index (χ0) is 12.3. The monoisotopic (exact) mass is 232 g/mol. The normalized spacial score (nSPS) is 12.8. The van der Waals surface area contributed by atoms with Crippen molar-refractivity contribution in [1.82, 2.24) is 0 Å². The van der Waals surface area contributed by atoms with Gasteiger partial charge < -0.3 is 5.11 Å². The molecule has 0 aliphatic heterocycles. The molecule has 0 radical (unpaired) electrons. The quantitative estimate of drug-likeness (QED) is 0.866. The molecular weight excluding hydrogens is 221 g/mol. The molecule has 5 heteroatoms. The summed E-state index contributed by atoms with van der Waals surface area (Å²) in [5.74, 6) is -3.75. The molecule has 0 aliphatic rings. The van der Waals surface area contributed by atoms with Gasteiger partial charge in [0.15, 0.2) is 0 Å². The fourth-order valence-electron chi connectivity index (χ4n) is 1.46. The summed E-state index contributed by atoms with van der Waals surface area (Å²) in [5.41, 5.74) is 0.354. The molecule has 0 aliphatic carbocycles. The van der Waals surface area contributed by atoms with Crippen molar-refractivity contribution < 1.29 is 23.1 Å². The topological polar surface area (TPSA) is 37.3 Å². The van der Waals surface area contributed by atoms with Gasteiger partial charge in [-0.05, 0) is 24.1 Å². The summed E-state index contributed by atoms with van der Waals surface area (Å²) in [7, 11) is 0. The van der Waals surface area contributed by atoms with Gasteiger partial charge in [-0.2, -0.15) is 0 Å². The van der Waals surface area contributed by atoms with Gasteiger partial charge in [-0.1, -0.05) is 12.1 Å². The zero-order valence-electron chi connectivity index (χ0n) is 8.58. The number of benzene rings is 1. The summed E-state index contributed by atoms with van der Waals surface area (Å²) in [6.07, 6.45) is -3.68. The van der Waals surface area contributed by atoms with Gasteiger partial charge >= 0.3 is 5.97 Å². The first kappa shape index (κ1) is 12.5. The number of halogens is 3. The van der Waals surface area contributed by atoms with E-state index in [-0.39, 0.29) is 5.56 Å². The van der Waals surface area contributed by atoms with Gasteiger partial charge in [0.1, 0.15) is 5.82 Å². The highest BCUT2D eigenvalue weighted by atomic mass is 19.3. The lowest BCUT2D eigenvalue weighted by Gasteiger charge is -2.15. The number of aliphatic carboxylic acids is 1. The first-order chi connectivity index (χ1) is 7.41. The number of alkyl halides is 2. The van der Waals surface area contributed by atoms with Gasteiger partial charge in [0.05, 0.1) is 12.3 Å². The maximum absolute atomic E-state index is 13.4. The average molecular weight is 232 g/mol. The van der Waals surface area contributed by atoms with E-state index in [2.05, 4.69) is 0 Å². The number of aryl methyl sites for hydroxylation is 1. The van der Waals surface area contributed by atoms with Crippen molar-refractivity contribution in [3.8, 4) is 0 Å². The predicted octanol–water partition coefficient (Wildman–Crippen LogP) is 2.96. The van der Waals surface area contributed by atoms with E-state index in [0.29, 0.717) is 5.56 Å². The predicted molar refractivity (Wildman–Crippen MR) is 52.1 cm³/mol. The Hall–Kier alpha value is -1.52. The lowest BCUT2D eigenvalue weighted by Crippen LogP contribution is -2.15. The van der Waals surface area contributed by atoms with Crippen molar-refractivity contribution >= 4 is 5.97 Å². The summed E-state index contributed by atoms with van der Waals surface area (Å²) >= 11 is 0. The van der Waals surface area contributed by atoms with Gasteiger partial charge in [-0.15, -0.1) is 0 Å². The number of carboxylic acids is 1. The second-order valence-corrected chi connectivity index (χ2v) is 3.56. The van der Waals surface area contributed by atoms with Crippen LogP contribution < -0.4 is 0 Å². The highest BCUT2D eigenvalue weighted by molar-refractivity contribution is 5.68. The van der Waals surface area contributed by atoms with Gasteiger partial charge in [0.25, 0.3) is 0 Å². The van der Waals surface area contributed by atoms with Crippen molar-refractivity contribution in [1.29, 1.82) is 0 Å². The second kappa shape index (κ2) is 5.01. The molecule has 1 atom stereocenters. The van der Waals surface area contributed by atoms with E-state index >= 15 is 0 Å². The van der Waals surface area contributed by atoms with Crippen LogP contribution in [0.3, 0.4) is 0 Å². The Morgan fingerprint density at radius 1 is 1.44 bits per heavy atom. The minimum absolute atomic E-state index is 0.247. The van der Waals surface area contributed by atoms with Crippen molar-refractivity contribution in [2.24, 2.45) is 0 Å². The fourth-order valence-corrected chi connectivity index (χ4v) is 1.46. The highest BCUT2D eigenvalue weighted by Gasteiger charge is 2.27. The first-order valence-corrected chi connectivity index (χ1v) is 4.67. The molecule has 16 heavy (non-hydrogen) atoms. The Morgan fingerprint density at radius 2 is 2.06 bits per heavy atom. The lowest BCUT2D eigenvalue weighted by atomic mass is 9.95. The Labute approximate surface area is 90.7 Å². The highest BCUT2D eigenvalue weighted by Crippen LogP contribution is 2.29. The molecule has 0 fully saturated rings. The minimum atomic E-state index is -2.90. The maximum atomic E-state index is 13.4. The van der Waals surface area contributed by atoms with Crippen molar-refractivity contribution in [3.05, 3.63) is 35.1 Å². The largest absolute Gasteiger partial charge is 0.481 e. The molecule has 1 rings (SSSR count). The van der Waals surface area contributed by atoms with Gasteiger partial charge in [-0.25, -0.2) is 13.2 Å². The first-order valence-electron chi connectivity index (χ1n) is 4.67.